The van der Waals surface area contributed by atoms with E-state index < -0.39 is 0 Å². The molecule has 0 saturated heterocycles. The molecule has 3 N–H and O–H groups in total. The van der Waals surface area contributed by atoms with Crippen LogP contribution >= 0.6 is 12.4 Å². The van der Waals surface area contributed by atoms with Crippen LogP contribution in [-0.2, 0) is 0 Å². The van der Waals surface area contributed by atoms with Gasteiger partial charge in [-0.05, 0) is 49.6 Å². The maximum atomic E-state index is 5.41. The molecule has 0 atom stereocenters. The lowest BCUT2D eigenvalue weighted by Gasteiger charge is -2.08. The Balaban J connectivity index is 0.00000128. The van der Waals surface area contributed by atoms with Crippen molar-refractivity contribution >= 4 is 29.1 Å². The van der Waals surface area contributed by atoms with Gasteiger partial charge in [0.05, 0.1) is 5.52 Å². The molecule has 4 heteroatoms. The summed E-state index contributed by atoms with van der Waals surface area (Å²) < 4.78 is 0. The van der Waals surface area contributed by atoms with E-state index in [2.05, 4.69) is 42.5 Å². The van der Waals surface area contributed by atoms with E-state index in [0.717, 1.165) is 16.9 Å². The van der Waals surface area contributed by atoms with Crippen molar-refractivity contribution in [2.75, 3.05) is 5.43 Å². The fourth-order valence-electron chi connectivity index (χ4n) is 1.88. The van der Waals surface area contributed by atoms with Gasteiger partial charge in [-0.25, -0.2) is 10.8 Å². The molecule has 2 rings (SSSR count). The summed E-state index contributed by atoms with van der Waals surface area (Å²) in [6.45, 7) is 6.18. The predicted octanol–water partition coefficient (Wildman–Crippen LogP) is 2.87. The summed E-state index contributed by atoms with van der Waals surface area (Å²) in [4.78, 5) is 4.48. The summed E-state index contributed by atoms with van der Waals surface area (Å²) in [5.41, 5.74) is 7.15. The molecule has 0 aliphatic carbocycles. The van der Waals surface area contributed by atoms with Crippen molar-refractivity contribution in [2.24, 2.45) is 5.84 Å². The summed E-state index contributed by atoms with van der Waals surface area (Å²) in [7, 11) is 0. The first-order chi connectivity index (χ1) is 7.11. The molecule has 0 amide bonds. The second-order valence-corrected chi connectivity index (χ2v) is 3.95. The van der Waals surface area contributed by atoms with Crippen molar-refractivity contribution in [3.05, 3.63) is 34.9 Å². The van der Waals surface area contributed by atoms with Gasteiger partial charge in [-0.2, -0.15) is 0 Å². The lowest BCUT2D eigenvalue weighted by molar-refractivity contribution is 1.22. The number of nitrogens with one attached hydrogen (secondary N) is 1. The third-order valence-corrected chi connectivity index (χ3v) is 2.61. The molecule has 0 unspecified atom stereocenters. The maximum absolute atomic E-state index is 5.41. The number of aromatic nitrogens is 1. The highest BCUT2D eigenvalue weighted by atomic mass is 35.5. The topological polar surface area (TPSA) is 50.9 Å². The number of anilines is 1. The molecule has 0 fully saturated rings. The van der Waals surface area contributed by atoms with E-state index >= 15 is 0 Å². The minimum Gasteiger partial charge on any atom is -0.308 e. The summed E-state index contributed by atoms with van der Waals surface area (Å²) in [6, 6.07) is 6.36. The molecule has 1 heterocycles. The maximum Gasteiger partial charge on any atom is 0.143 e. The minimum atomic E-state index is 0. The van der Waals surface area contributed by atoms with Crippen molar-refractivity contribution in [1.29, 1.82) is 0 Å². The number of hydrogen-bond acceptors (Lipinski definition) is 3. The van der Waals surface area contributed by atoms with Crippen molar-refractivity contribution < 1.29 is 0 Å². The number of nitrogen functional groups attached to an aromatic ring is 1. The van der Waals surface area contributed by atoms with Crippen LogP contribution in [0.1, 0.15) is 16.7 Å². The van der Waals surface area contributed by atoms with Crippen LogP contribution in [0.4, 0.5) is 5.82 Å². The smallest absolute Gasteiger partial charge is 0.143 e. The standard InChI is InChI=1S/C12H15N3.ClH/c1-7-4-8(2)10-6-9(3)12(15-13)14-11(10)5-7;/h4-6H,13H2,1-3H3,(H,14,15);1H. The number of rotatable bonds is 1. The molecule has 0 aliphatic heterocycles. The molecular formula is C12H16ClN3. The van der Waals surface area contributed by atoms with Crippen LogP contribution in [0.5, 0.6) is 0 Å². The number of nitrogens with two attached hydrogens (primary N) is 1. The average Bonchev–Trinajstić information content (AvgIpc) is 2.18. The molecule has 0 spiro atoms. The van der Waals surface area contributed by atoms with Gasteiger partial charge in [0.15, 0.2) is 0 Å². The zero-order chi connectivity index (χ0) is 11.0. The van der Waals surface area contributed by atoms with Crippen LogP contribution in [0.15, 0.2) is 18.2 Å². The number of benzene rings is 1. The SMILES string of the molecule is Cc1cc(C)c2cc(C)c(NN)nc2c1.Cl. The first-order valence-corrected chi connectivity index (χ1v) is 4.97. The normalized spacial score (nSPS) is 10.0. The highest BCUT2D eigenvalue weighted by Gasteiger charge is 2.04. The lowest BCUT2D eigenvalue weighted by atomic mass is 10.0. The molecular weight excluding hydrogens is 222 g/mol. The molecule has 16 heavy (non-hydrogen) atoms. The first-order valence-electron chi connectivity index (χ1n) is 4.97. The van der Waals surface area contributed by atoms with Gasteiger partial charge in [-0.3, -0.25) is 0 Å². The van der Waals surface area contributed by atoms with Crippen LogP contribution in [0.2, 0.25) is 0 Å². The van der Waals surface area contributed by atoms with Crippen LogP contribution in [0.3, 0.4) is 0 Å². The van der Waals surface area contributed by atoms with Crippen molar-refractivity contribution in [3.8, 4) is 0 Å². The Hall–Kier alpha value is -1.32. The predicted molar refractivity (Wildman–Crippen MR) is 71.0 cm³/mol. The van der Waals surface area contributed by atoms with Gasteiger partial charge in [0, 0.05) is 5.39 Å². The zero-order valence-electron chi connectivity index (χ0n) is 9.66. The monoisotopic (exact) mass is 237 g/mol. The fraction of sp³-hybridized carbons (Fsp3) is 0.250. The van der Waals surface area contributed by atoms with E-state index in [9.17, 15) is 0 Å². The van der Waals surface area contributed by atoms with Crippen LogP contribution in [0, 0.1) is 20.8 Å². The summed E-state index contributed by atoms with van der Waals surface area (Å²) >= 11 is 0. The number of aryl methyl sites for hydroxylation is 3. The molecule has 0 aliphatic rings. The molecule has 2 aromatic rings. The average molecular weight is 238 g/mol. The fourth-order valence-corrected chi connectivity index (χ4v) is 1.88. The molecule has 1 aromatic carbocycles. The van der Waals surface area contributed by atoms with Crippen LogP contribution < -0.4 is 11.3 Å². The van der Waals surface area contributed by atoms with E-state index in [0.29, 0.717) is 0 Å². The van der Waals surface area contributed by atoms with Gasteiger partial charge in [-0.15, -0.1) is 12.4 Å². The summed E-state index contributed by atoms with van der Waals surface area (Å²) in [5, 5.41) is 1.19. The Morgan fingerprint density at radius 2 is 1.75 bits per heavy atom. The quantitative estimate of drug-likeness (QED) is 0.592. The molecule has 3 nitrogen and oxygen atoms in total. The lowest BCUT2D eigenvalue weighted by Crippen LogP contribution is -2.10. The molecule has 1 aromatic heterocycles. The first kappa shape index (κ1) is 12.7. The summed E-state index contributed by atoms with van der Waals surface area (Å²) in [6.07, 6.45) is 0. The molecule has 86 valence electrons. The highest BCUT2D eigenvalue weighted by molar-refractivity contribution is 5.85. The largest absolute Gasteiger partial charge is 0.308 e. The Kier molecular flexibility index (Phi) is 3.73. The van der Waals surface area contributed by atoms with E-state index in [-0.39, 0.29) is 12.4 Å². The van der Waals surface area contributed by atoms with E-state index in [1.165, 1.54) is 16.5 Å². The van der Waals surface area contributed by atoms with Gasteiger partial charge in [0.1, 0.15) is 5.82 Å². The Bertz CT molecular complexity index is 523. The second kappa shape index (κ2) is 4.68. The Labute approximate surface area is 101 Å². The Morgan fingerprint density at radius 3 is 2.38 bits per heavy atom. The third kappa shape index (κ3) is 2.10. The molecule has 0 saturated carbocycles. The highest BCUT2D eigenvalue weighted by Crippen LogP contribution is 2.23. The number of hydrazine groups is 1. The van der Waals surface area contributed by atoms with Gasteiger partial charge < -0.3 is 5.43 Å². The number of hydrogen-bond donors (Lipinski definition) is 2. The van der Waals surface area contributed by atoms with Crippen molar-refractivity contribution in [3.63, 3.8) is 0 Å². The number of nitrogens with zero attached hydrogens (tertiary/aromatic N) is 1. The minimum absolute atomic E-state index is 0. The number of halogens is 1. The van der Waals surface area contributed by atoms with E-state index in [1.807, 2.05) is 6.92 Å². The Morgan fingerprint density at radius 1 is 1.06 bits per heavy atom. The van der Waals surface area contributed by atoms with Gasteiger partial charge in [-0.1, -0.05) is 6.07 Å². The van der Waals surface area contributed by atoms with Crippen LogP contribution in [0.25, 0.3) is 10.9 Å². The number of fused-ring (bicyclic) bond motifs is 1. The zero-order valence-corrected chi connectivity index (χ0v) is 10.5. The number of pyridine rings is 1. The van der Waals surface area contributed by atoms with Crippen LogP contribution in [-0.4, -0.2) is 4.98 Å². The van der Waals surface area contributed by atoms with Gasteiger partial charge in [0.2, 0.25) is 0 Å². The van der Waals surface area contributed by atoms with E-state index in [4.69, 9.17) is 5.84 Å². The molecule has 0 radical (unpaired) electrons. The van der Waals surface area contributed by atoms with Gasteiger partial charge >= 0.3 is 0 Å². The second-order valence-electron chi connectivity index (χ2n) is 3.95. The van der Waals surface area contributed by atoms with Gasteiger partial charge in [0.25, 0.3) is 0 Å². The third-order valence-electron chi connectivity index (χ3n) is 2.61. The van der Waals surface area contributed by atoms with E-state index in [1.54, 1.807) is 0 Å². The van der Waals surface area contributed by atoms with Crippen molar-refractivity contribution in [2.45, 2.75) is 20.8 Å². The van der Waals surface area contributed by atoms with Crippen molar-refractivity contribution in [1.82, 2.24) is 4.98 Å². The molecule has 0 bridgehead atoms. The summed E-state index contributed by atoms with van der Waals surface area (Å²) in [5.74, 6) is 6.15.